The van der Waals surface area contributed by atoms with Crippen LogP contribution in [-0.2, 0) is 0 Å². The summed E-state index contributed by atoms with van der Waals surface area (Å²) in [6, 6.07) is 0. The molecule has 1 rings (SSSR count). The smallest absolute Gasteiger partial charge is 0.0134 e. The van der Waals surface area contributed by atoms with Crippen LogP contribution in [0.3, 0.4) is 0 Å². The lowest BCUT2D eigenvalue weighted by Crippen LogP contribution is -1.99. The van der Waals surface area contributed by atoms with E-state index in [0.717, 1.165) is 12.5 Å². The average Bonchev–Trinajstić information content (AvgIpc) is 2.65. The molecule has 1 fully saturated rings. The number of hydrogen-bond acceptors (Lipinski definition) is 1. The first-order chi connectivity index (χ1) is 4.33. The van der Waals surface area contributed by atoms with E-state index in [1.54, 1.807) is 0 Å². The van der Waals surface area contributed by atoms with Crippen LogP contribution in [0.1, 0.15) is 26.2 Å². The van der Waals surface area contributed by atoms with E-state index < -0.39 is 0 Å². The zero-order valence-electron chi connectivity index (χ0n) is 6.06. The normalized spacial score (nSPS) is 20.4. The van der Waals surface area contributed by atoms with Crippen LogP contribution in [0.5, 0.6) is 0 Å². The molecule has 2 N–H and O–H groups in total. The lowest BCUT2D eigenvalue weighted by molar-refractivity contribution is 0.852. The summed E-state index contributed by atoms with van der Waals surface area (Å²) in [5.41, 5.74) is 6.75. The third-order valence-electron chi connectivity index (χ3n) is 1.82. The van der Waals surface area contributed by atoms with Gasteiger partial charge in [-0.2, -0.15) is 0 Å². The van der Waals surface area contributed by atoms with Crippen molar-refractivity contribution in [1.82, 2.24) is 0 Å². The zero-order chi connectivity index (χ0) is 6.69. The van der Waals surface area contributed by atoms with Crippen LogP contribution >= 0.6 is 0 Å². The van der Waals surface area contributed by atoms with Crippen LogP contribution in [0.4, 0.5) is 0 Å². The Kier molecular flexibility index (Phi) is 2.29. The number of rotatable bonds is 3. The van der Waals surface area contributed by atoms with Crippen molar-refractivity contribution in [3.8, 4) is 0 Å². The maximum Gasteiger partial charge on any atom is 0.0134 e. The van der Waals surface area contributed by atoms with Gasteiger partial charge in [0.25, 0.3) is 0 Å². The maximum absolute atomic E-state index is 5.41. The summed E-state index contributed by atoms with van der Waals surface area (Å²) in [7, 11) is 0. The van der Waals surface area contributed by atoms with Crippen molar-refractivity contribution in [2.45, 2.75) is 26.2 Å². The Morgan fingerprint density at radius 2 is 2.33 bits per heavy atom. The molecule has 1 heteroatoms. The molecule has 0 heterocycles. The molecular weight excluding hydrogens is 110 g/mol. The summed E-state index contributed by atoms with van der Waals surface area (Å²) < 4.78 is 0. The molecule has 0 atom stereocenters. The molecule has 1 aliphatic rings. The lowest BCUT2D eigenvalue weighted by atomic mass is 10.2. The Morgan fingerprint density at radius 1 is 1.67 bits per heavy atom. The molecular formula is C8H15N. The van der Waals surface area contributed by atoms with Gasteiger partial charge in [-0.25, -0.2) is 0 Å². The second-order valence-electron chi connectivity index (χ2n) is 2.93. The summed E-state index contributed by atoms with van der Waals surface area (Å²) in [5.74, 6) is 1.01. The van der Waals surface area contributed by atoms with E-state index in [0.29, 0.717) is 0 Å². The van der Waals surface area contributed by atoms with Crippen LogP contribution in [0.15, 0.2) is 11.6 Å². The molecule has 0 aromatic carbocycles. The minimum Gasteiger partial charge on any atom is -0.327 e. The highest BCUT2D eigenvalue weighted by molar-refractivity contribution is 5.01. The van der Waals surface area contributed by atoms with Gasteiger partial charge in [0.2, 0.25) is 0 Å². The third-order valence-corrected chi connectivity index (χ3v) is 1.82. The van der Waals surface area contributed by atoms with Gasteiger partial charge >= 0.3 is 0 Å². The predicted molar refractivity (Wildman–Crippen MR) is 40.2 cm³/mol. The van der Waals surface area contributed by atoms with Gasteiger partial charge in [-0.05, 0) is 32.1 Å². The van der Waals surface area contributed by atoms with E-state index in [2.05, 4.69) is 13.0 Å². The monoisotopic (exact) mass is 125 g/mol. The van der Waals surface area contributed by atoms with E-state index in [1.807, 2.05) is 0 Å². The molecule has 0 bridgehead atoms. The van der Waals surface area contributed by atoms with Gasteiger partial charge in [0, 0.05) is 6.54 Å². The van der Waals surface area contributed by atoms with Crippen LogP contribution in [0.2, 0.25) is 0 Å². The van der Waals surface area contributed by atoms with Gasteiger partial charge in [0.15, 0.2) is 0 Å². The Balaban J connectivity index is 2.12. The van der Waals surface area contributed by atoms with E-state index in [9.17, 15) is 0 Å². The Labute approximate surface area is 56.9 Å². The molecule has 1 saturated carbocycles. The fraction of sp³-hybridized carbons (Fsp3) is 0.750. The minimum absolute atomic E-state index is 0.729. The first-order valence-corrected chi connectivity index (χ1v) is 3.68. The van der Waals surface area contributed by atoms with E-state index in [-0.39, 0.29) is 0 Å². The van der Waals surface area contributed by atoms with Gasteiger partial charge in [-0.1, -0.05) is 11.6 Å². The van der Waals surface area contributed by atoms with Crippen molar-refractivity contribution in [2.24, 2.45) is 11.7 Å². The Hall–Kier alpha value is -0.300. The van der Waals surface area contributed by atoms with Gasteiger partial charge in [0.05, 0.1) is 0 Å². The van der Waals surface area contributed by atoms with Gasteiger partial charge in [0.1, 0.15) is 0 Å². The minimum atomic E-state index is 0.729. The van der Waals surface area contributed by atoms with Gasteiger partial charge in [-0.3, -0.25) is 0 Å². The average molecular weight is 125 g/mol. The molecule has 0 aliphatic heterocycles. The molecule has 1 aliphatic carbocycles. The van der Waals surface area contributed by atoms with Crippen molar-refractivity contribution in [1.29, 1.82) is 0 Å². The maximum atomic E-state index is 5.41. The van der Waals surface area contributed by atoms with Crippen molar-refractivity contribution in [2.75, 3.05) is 6.54 Å². The number of hydrogen-bond donors (Lipinski definition) is 1. The van der Waals surface area contributed by atoms with Crippen molar-refractivity contribution < 1.29 is 0 Å². The Bertz CT molecular complexity index is 112. The van der Waals surface area contributed by atoms with E-state index >= 15 is 0 Å². The van der Waals surface area contributed by atoms with Crippen molar-refractivity contribution in [3.63, 3.8) is 0 Å². The summed E-state index contributed by atoms with van der Waals surface area (Å²) in [5, 5.41) is 0. The largest absolute Gasteiger partial charge is 0.327 e. The topological polar surface area (TPSA) is 26.0 Å². The highest BCUT2D eigenvalue weighted by atomic mass is 14.5. The van der Waals surface area contributed by atoms with Crippen LogP contribution in [-0.4, -0.2) is 6.54 Å². The third kappa shape index (κ3) is 2.66. The van der Waals surface area contributed by atoms with Crippen LogP contribution in [0, 0.1) is 5.92 Å². The van der Waals surface area contributed by atoms with Gasteiger partial charge in [-0.15, -0.1) is 0 Å². The molecule has 0 saturated heterocycles. The second-order valence-corrected chi connectivity index (χ2v) is 2.93. The number of nitrogens with two attached hydrogens (primary N) is 1. The molecule has 52 valence electrons. The van der Waals surface area contributed by atoms with E-state index in [4.69, 9.17) is 5.73 Å². The lowest BCUT2D eigenvalue weighted by Gasteiger charge is -1.92. The summed E-state index contributed by atoms with van der Waals surface area (Å²) in [4.78, 5) is 0. The molecule has 0 aromatic rings. The molecule has 0 amide bonds. The molecule has 1 nitrogen and oxygen atoms in total. The van der Waals surface area contributed by atoms with Crippen LogP contribution < -0.4 is 5.73 Å². The number of allylic oxidation sites excluding steroid dienone is 1. The summed E-state index contributed by atoms with van der Waals surface area (Å²) in [6.07, 6.45) is 6.42. The van der Waals surface area contributed by atoms with Crippen molar-refractivity contribution in [3.05, 3.63) is 11.6 Å². The zero-order valence-corrected chi connectivity index (χ0v) is 6.06. The first-order valence-electron chi connectivity index (χ1n) is 3.68. The molecule has 0 unspecified atom stereocenters. The molecule has 0 aromatic heterocycles. The highest BCUT2D eigenvalue weighted by Gasteiger charge is 2.18. The Morgan fingerprint density at radius 3 is 2.78 bits per heavy atom. The first kappa shape index (κ1) is 6.81. The summed E-state index contributed by atoms with van der Waals surface area (Å²) in [6.45, 7) is 2.83. The second kappa shape index (κ2) is 3.02. The SMILES string of the molecule is CC(=CCC1CC1)CN. The fourth-order valence-corrected chi connectivity index (χ4v) is 0.805. The standard InChI is InChI=1S/C8H15N/c1-7(6-9)2-3-8-4-5-8/h2,8H,3-6,9H2,1H3. The van der Waals surface area contributed by atoms with Crippen molar-refractivity contribution >= 4 is 0 Å². The quantitative estimate of drug-likeness (QED) is 0.571. The summed E-state index contributed by atoms with van der Waals surface area (Å²) >= 11 is 0. The molecule has 0 spiro atoms. The van der Waals surface area contributed by atoms with Crippen LogP contribution in [0.25, 0.3) is 0 Å². The fourth-order valence-electron chi connectivity index (χ4n) is 0.805. The van der Waals surface area contributed by atoms with Gasteiger partial charge < -0.3 is 5.73 Å². The molecule has 0 radical (unpaired) electrons. The highest BCUT2D eigenvalue weighted by Crippen LogP contribution is 2.32. The van der Waals surface area contributed by atoms with E-state index in [1.165, 1.54) is 24.8 Å². The molecule has 9 heavy (non-hydrogen) atoms. The predicted octanol–water partition coefficient (Wildman–Crippen LogP) is 1.69.